The van der Waals surface area contributed by atoms with Crippen LogP contribution < -0.4 is 4.46 Å². The first-order valence-electron chi connectivity index (χ1n) is 9.95. The summed E-state index contributed by atoms with van der Waals surface area (Å²) < 4.78 is 33.0. The third-order valence-electron chi connectivity index (χ3n) is 6.80. The molecule has 2 bridgehead atoms. The summed E-state index contributed by atoms with van der Waals surface area (Å²) in [6.07, 6.45) is 1.87. The Morgan fingerprint density at radius 3 is 2.36 bits per heavy atom. The van der Waals surface area contributed by atoms with E-state index in [1.165, 1.54) is 10.9 Å². The van der Waals surface area contributed by atoms with Crippen LogP contribution >= 0.6 is 0 Å². The Morgan fingerprint density at radius 2 is 1.71 bits per heavy atom. The molecule has 0 saturated heterocycles. The van der Waals surface area contributed by atoms with Crippen molar-refractivity contribution in [1.82, 2.24) is 0 Å². The Hall–Kier alpha value is -1.13. The first-order valence-corrected chi connectivity index (χ1v) is 13.4. The second-order valence-electron chi connectivity index (χ2n) is 8.79. The molecule has 0 spiro atoms. The average molecular weight is 464 g/mol. The molecule has 2 aromatic rings. The normalized spacial score (nSPS) is 28.5. The van der Waals surface area contributed by atoms with Crippen LogP contribution in [0.15, 0.2) is 59.5 Å². The number of rotatable bonds is 6. The van der Waals surface area contributed by atoms with E-state index in [1.54, 1.807) is 12.1 Å². The molecule has 150 valence electrons. The van der Waals surface area contributed by atoms with Gasteiger partial charge in [-0.05, 0) is 0 Å². The Kier molecular flexibility index (Phi) is 5.47. The molecule has 0 unspecified atom stereocenters. The van der Waals surface area contributed by atoms with E-state index in [0.717, 1.165) is 17.3 Å². The third-order valence-corrected chi connectivity index (χ3v) is 10.6. The fraction of sp³-hybridized carbons (Fsp3) is 0.478. The van der Waals surface area contributed by atoms with Gasteiger partial charge >= 0.3 is 175 Å². The molecule has 5 heteroatoms. The van der Waals surface area contributed by atoms with Gasteiger partial charge in [-0.15, -0.1) is 0 Å². The zero-order valence-electron chi connectivity index (χ0n) is 16.7. The molecule has 3 saturated carbocycles. The molecular weight excluding hydrogens is 435 g/mol. The molecule has 3 nitrogen and oxygen atoms in total. The molecule has 0 heterocycles. The molecule has 4 atom stereocenters. The van der Waals surface area contributed by atoms with Crippen LogP contribution in [0.1, 0.15) is 32.3 Å². The Morgan fingerprint density at radius 1 is 1.04 bits per heavy atom. The Labute approximate surface area is 175 Å². The zero-order valence-corrected chi connectivity index (χ0v) is 19.2. The number of benzene rings is 2. The number of fused-ring (bicyclic) bond motifs is 2. The number of hydrogen-bond acceptors (Lipinski definition) is 3. The molecule has 3 fully saturated rings. The summed E-state index contributed by atoms with van der Waals surface area (Å²) in [4.78, 5) is 0.268. The van der Waals surface area contributed by atoms with Gasteiger partial charge in [-0.1, -0.05) is 0 Å². The molecule has 0 amide bonds. The summed E-state index contributed by atoms with van der Waals surface area (Å²) in [7, 11) is -3.73. The zero-order chi connectivity index (χ0) is 19.9. The SMILES string of the molecule is Cc1ccc(S(=O)(=O)O[C@H]2C[C@H]3C[C@@H]([C@@H]2C[Se]c2ccccc2)C3(C)C)cc1. The standard InChI is InChI=1S/C23H28O3SSe/c1-16-9-11-18(12-10-16)27(24,25)26-22-14-17-13-21(23(17,2)3)20(22)15-28-19-7-5-4-6-8-19/h4-12,17,20-22H,13-15H2,1-3H3/t17-,20+,21+,22+/m1/s1. The van der Waals surface area contributed by atoms with Crippen molar-refractivity contribution < 1.29 is 12.6 Å². The van der Waals surface area contributed by atoms with Crippen molar-refractivity contribution in [3.63, 3.8) is 0 Å². The van der Waals surface area contributed by atoms with Crippen molar-refractivity contribution in [2.24, 2.45) is 23.2 Å². The van der Waals surface area contributed by atoms with Crippen LogP contribution in [0.4, 0.5) is 0 Å². The molecular formula is C23H28O3SSe. The second-order valence-corrected chi connectivity index (χ2v) is 12.7. The van der Waals surface area contributed by atoms with Gasteiger partial charge in [0, 0.05) is 0 Å². The topological polar surface area (TPSA) is 43.4 Å². The van der Waals surface area contributed by atoms with Crippen molar-refractivity contribution >= 4 is 29.5 Å². The monoisotopic (exact) mass is 464 g/mol. The third kappa shape index (κ3) is 3.82. The number of aryl methyl sites for hydroxylation is 1. The van der Waals surface area contributed by atoms with Crippen LogP contribution in [-0.2, 0) is 14.3 Å². The van der Waals surface area contributed by atoms with E-state index < -0.39 is 10.1 Å². The molecule has 0 aromatic heterocycles. The van der Waals surface area contributed by atoms with Gasteiger partial charge in [-0.2, -0.15) is 0 Å². The molecule has 0 radical (unpaired) electrons. The minimum absolute atomic E-state index is 0.200. The van der Waals surface area contributed by atoms with Crippen LogP contribution in [0, 0.1) is 30.1 Å². The van der Waals surface area contributed by atoms with Crippen LogP contribution in [0.3, 0.4) is 0 Å². The maximum atomic E-state index is 12.9. The van der Waals surface area contributed by atoms with E-state index in [-0.39, 0.29) is 11.0 Å². The van der Waals surface area contributed by atoms with Gasteiger partial charge in [0.1, 0.15) is 0 Å². The predicted molar refractivity (Wildman–Crippen MR) is 113 cm³/mol. The molecule has 2 aromatic carbocycles. The van der Waals surface area contributed by atoms with E-state index in [1.807, 2.05) is 25.1 Å². The van der Waals surface area contributed by atoms with Gasteiger partial charge in [-0.3, -0.25) is 0 Å². The molecule has 28 heavy (non-hydrogen) atoms. The summed E-state index contributed by atoms with van der Waals surface area (Å²) in [5.41, 5.74) is 1.34. The van der Waals surface area contributed by atoms with Crippen molar-refractivity contribution in [3.05, 3.63) is 60.2 Å². The molecule has 5 rings (SSSR count). The van der Waals surface area contributed by atoms with E-state index in [4.69, 9.17) is 4.18 Å². The quantitative estimate of drug-likeness (QED) is 0.477. The van der Waals surface area contributed by atoms with Gasteiger partial charge in [0.15, 0.2) is 0 Å². The molecule has 3 aliphatic rings. The summed E-state index contributed by atoms with van der Waals surface area (Å²) in [6.45, 7) is 6.65. The Balaban J connectivity index is 1.53. The fourth-order valence-electron chi connectivity index (χ4n) is 4.86. The summed E-state index contributed by atoms with van der Waals surface area (Å²) in [6, 6.07) is 17.5. The summed E-state index contributed by atoms with van der Waals surface area (Å²) >= 11 is 0.333. The maximum absolute atomic E-state index is 12.9. The number of hydrogen-bond donors (Lipinski definition) is 0. The van der Waals surface area contributed by atoms with Gasteiger partial charge < -0.3 is 0 Å². The van der Waals surface area contributed by atoms with Crippen LogP contribution in [0.2, 0.25) is 5.32 Å². The second kappa shape index (κ2) is 7.60. The van der Waals surface area contributed by atoms with E-state index in [2.05, 4.69) is 38.1 Å². The molecule has 3 aliphatic carbocycles. The van der Waals surface area contributed by atoms with Gasteiger partial charge in [0.2, 0.25) is 0 Å². The fourth-order valence-corrected chi connectivity index (χ4v) is 8.47. The van der Waals surface area contributed by atoms with Crippen LogP contribution in [0.5, 0.6) is 0 Å². The van der Waals surface area contributed by atoms with Crippen molar-refractivity contribution in [2.45, 2.75) is 49.9 Å². The van der Waals surface area contributed by atoms with Crippen LogP contribution in [0.25, 0.3) is 0 Å². The van der Waals surface area contributed by atoms with Gasteiger partial charge in [0.05, 0.1) is 0 Å². The molecule has 0 N–H and O–H groups in total. The van der Waals surface area contributed by atoms with Crippen LogP contribution in [-0.4, -0.2) is 29.5 Å². The summed E-state index contributed by atoms with van der Waals surface area (Å²) in [5.74, 6) is 1.42. The minimum atomic E-state index is -3.73. The first kappa shape index (κ1) is 20.2. The van der Waals surface area contributed by atoms with Crippen molar-refractivity contribution in [2.75, 3.05) is 0 Å². The Bertz CT molecular complexity index is 922. The van der Waals surface area contributed by atoms with E-state index >= 15 is 0 Å². The van der Waals surface area contributed by atoms with Crippen molar-refractivity contribution in [1.29, 1.82) is 0 Å². The van der Waals surface area contributed by atoms with E-state index in [9.17, 15) is 8.42 Å². The van der Waals surface area contributed by atoms with Gasteiger partial charge in [0.25, 0.3) is 0 Å². The summed E-state index contributed by atoms with van der Waals surface area (Å²) in [5, 5.41) is 1.03. The predicted octanol–water partition coefficient (Wildman–Crippen LogP) is 4.20. The van der Waals surface area contributed by atoms with E-state index in [0.29, 0.717) is 38.1 Å². The average Bonchev–Trinajstić information content (AvgIpc) is 2.67. The van der Waals surface area contributed by atoms with Gasteiger partial charge in [-0.25, -0.2) is 0 Å². The first-order chi connectivity index (χ1) is 13.3. The molecule has 0 aliphatic heterocycles. The van der Waals surface area contributed by atoms with Crippen molar-refractivity contribution in [3.8, 4) is 0 Å².